The van der Waals surface area contributed by atoms with Crippen LogP contribution in [0.1, 0.15) is 17.3 Å². The van der Waals surface area contributed by atoms with Crippen LogP contribution in [0, 0.1) is 0 Å². The average molecular weight is 278 g/mol. The van der Waals surface area contributed by atoms with E-state index in [1.807, 2.05) is 6.07 Å². The number of hydrogen-bond acceptors (Lipinski definition) is 3. The number of rotatable bonds is 3. The molecule has 84 valence electrons. The lowest BCUT2D eigenvalue weighted by Gasteiger charge is -2.00. The third kappa shape index (κ3) is 2.67. The van der Waals surface area contributed by atoms with Crippen molar-refractivity contribution in [1.82, 2.24) is 10.1 Å². The number of nitrogens with zero attached hydrogens (tertiary/aromatic N) is 2. The molecule has 1 aromatic heterocycles. The molecule has 0 saturated heterocycles. The van der Waals surface area contributed by atoms with Crippen molar-refractivity contribution < 1.29 is 4.52 Å². The average Bonchev–Trinajstić information content (AvgIpc) is 2.70. The molecule has 0 radical (unpaired) electrons. The Morgan fingerprint density at radius 2 is 2.06 bits per heavy atom. The molecule has 0 aliphatic carbocycles. The number of benzene rings is 1. The van der Waals surface area contributed by atoms with Crippen LogP contribution in [0.2, 0.25) is 10.0 Å². The standard InChI is InChI=1S/C10H7Cl3N2O/c11-5-10-14-9(15-16-10)3-6-1-2-7(12)4-8(6)13/h1-2,4H,3,5H2. The zero-order valence-corrected chi connectivity index (χ0v) is 10.4. The fourth-order valence-corrected chi connectivity index (χ4v) is 1.84. The minimum atomic E-state index is 0.210. The summed E-state index contributed by atoms with van der Waals surface area (Å²) in [5.74, 6) is 1.17. The van der Waals surface area contributed by atoms with Gasteiger partial charge < -0.3 is 4.52 Å². The fourth-order valence-electron chi connectivity index (χ4n) is 1.25. The van der Waals surface area contributed by atoms with Gasteiger partial charge in [-0.3, -0.25) is 0 Å². The summed E-state index contributed by atoms with van der Waals surface area (Å²) in [7, 11) is 0. The van der Waals surface area contributed by atoms with E-state index in [4.69, 9.17) is 39.3 Å². The maximum atomic E-state index is 6.02. The first-order valence-electron chi connectivity index (χ1n) is 4.50. The Bertz CT molecular complexity index is 499. The van der Waals surface area contributed by atoms with Crippen molar-refractivity contribution in [3.63, 3.8) is 0 Å². The molecule has 16 heavy (non-hydrogen) atoms. The van der Waals surface area contributed by atoms with Gasteiger partial charge in [-0.05, 0) is 17.7 Å². The normalized spacial score (nSPS) is 10.7. The topological polar surface area (TPSA) is 38.9 Å². The summed E-state index contributed by atoms with van der Waals surface area (Å²) in [5.41, 5.74) is 0.896. The van der Waals surface area contributed by atoms with Crippen molar-refractivity contribution in [2.24, 2.45) is 0 Å². The molecule has 0 saturated carbocycles. The molecule has 0 aliphatic rings. The summed E-state index contributed by atoms with van der Waals surface area (Å²) < 4.78 is 4.89. The second-order valence-electron chi connectivity index (χ2n) is 3.15. The zero-order valence-electron chi connectivity index (χ0n) is 8.08. The molecule has 6 heteroatoms. The van der Waals surface area contributed by atoms with Crippen LogP contribution in [0.3, 0.4) is 0 Å². The predicted octanol–water partition coefficient (Wildman–Crippen LogP) is 3.71. The van der Waals surface area contributed by atoms with E-state index in [1.54, 1.807) is 12.1 Å². The van der Waals surface area contributed by atoms with Crippen LogP contribution in [0.25, 0.3) is 0 Å². The third-order valence-electron chi connectivity index (χ3n) is 1.99. The molecule has 0 aliphatic heterocycles. The van der Waals surface area contributed by atoms with E-state index in [-0.39, 0.29) is 5.88 Å². The molecular weight excluding hydrogens is 270 g/mol. The number of alkyl halides is 1. The van der Waals surface area contributed by atoms with Gasteiger partial charge in [-0.25, -0.2) is 0 Å². The predicted molar refractivity (Wildman–Crippen MR) is 63.1 cm³/mol. The van der Waals surface area contributed by atoms with E-state index < -0.39 is 0 Å². The lowest BCUT2D eigenvalue weighted by Crippen LogP contribution is -1.92. The van der Waals surface area contributed by atoms with Crippen LogP contribution < -0.4 is 0 Å². The summed E-state index contributed by atoms with van der Waals surface area (Å²) in [6, 6.07) is 5.29. The first kappa shape index (κ1) is 11.7. The Kier molecular flexibility index (Phi) is 3.69. The Labute approximate surface area is 107 Å². The lowest BCUT2D eigenvalue weighted by atomic mass is 10.1. The van der Waals surface area contributed by atoms with Crippen LogP contribution in [-0.4, -0.2) is 10.1 Å². The monoisotopic (exact) mass is 276 g/mol. The molecule has 1 heterocycles. The van der Waals surface area contributed by atoms with Crippen LogP contribution in [0.15, 0.2) is 22.7 Å². The van der Waals surface area contributed by atoms with Crippen LogP contribution in [-0.2, 0) is 12.3 Å². The van der Waals surface area contributed by atoms with Crippen molar-refractivity contribution >= 4 is 34.8 Å². The van der Waals surface area contributed by atoms with Crippen molar-refractivity contribution in [1.29, 1.82) is 0 Å². The van der Waals surface area contributed by atoms with Gasteiger partial charge in [-0.2, -0.15) is 4.98 Å². The molecule has 3 nitrogen and oxygen atoms in total. The summed E-state index contributed by atoms with van der Waals surface area (Å²) >= 11 is 17.4. The van der Waals surface area contributed by atoms with E-state index in [1.165, 1.54) is 0 Å². The minimum Gasteiger partial charge on any atom is -0.338 e. The van der Waals surface area contributed by atoms with Crippen molar-refractivity contribution in [2.45, 2.75) is 12.3 Å². The second kappa shape index (κ2) is 5.04. The smallest absolute Gasteiger partial charge is 0.241 e. The van der Waals surface area contributed by atoms with Gasteiger partial charge in [0.15, 0.2) is 5.82 Å². The minimum absolute atomic E-state index is 0.210. The Morgan fingerprint density at radius 1 is 1.25 bits per heavy atom. The molecule has 0 amide bonds. The first-order chi connectivity index (χ1) is 7.69. The molecule has 0 atom stereocenters. The van der Waals surface area contributed by atoms with E-state index in [9.17, 15) is 0 Å². The van der Waals surface area contributed by atoms with Gasteiger partial charge in [-0.1, -0.05) is 34.4 Å². The summed E-state index contributed by atoms with van der Waals surface area (Å²) in [6.45, 7) is 0. The van der Waals surface area contributed by atoms with Crippen molar-refractivity contribution in [3.05, 3.63) is 45.5 Å². The summed E-state index contributed by atoms with van der Waals surface area (Å²) in [6.07, 6.45) is 0.496. The molecule has 0 spiro atoms. The van der Waals surface area contributed by atoms with Gasteiger partial charge in [-0.15, -0.1) is 11.6 Å². The molecule has 0 fully saturated rings. The van der Waals surface area contributed by atoms with Gasteiger partial charge in [0.1, 0.15) is 5.88 Å². The second-order valence-corrected chi connectivity index (χ2v) is 4.26. The van der Waals surface area contributed by atoms with E-state index >= 15 is 0 Å². The van der Waals surface area contributed by atoms with Gasteiger partial charge in [0.2, 0.25) is 5.89 Å². The molecule has 2 aromatic rings. The first-order valence-corrected chi connectivity index (χ1v) is 5.79. The molecule has 0 N–H and O–H groups in total. The number of aromatic nitrogens is 2. The highest BCUT2D eigenvalue weighted by molar-refractivity contribution is 6.35. The fraction of sp³-hybridized carbons (Fsp3) is 0.200. The van der Waals surface area contributed by atoms with E-state index in [0.717, 1.165) is 5.56 Å². The van der Waals surface area contributed by atoms with Gasteiger partial charge in [0, 0.05) is 16.5 Å². The lowest BCUT2D eigenvalue weighted by molar-refractivity contribution is 0.385. The highest BCUT2D eigenvalue weighted by atomic mass is 35.5. The van der Waals surface area contributed by atoms with Crippen molar-refractivity contribution in [3.8, 4) is 0 Å². The summed E-state index contributed by atoms with van der Waals surface area (Å²) in [5, 5.41) is 4.97. The van der Waals surface area contributed by atoms with Crippen LogP contribution in [0.5, 0.6) is 0 Å². The highest BCUT2D eigenvalue weighted by Crippen LogP contribution is 2.22. The largest absolute Gasteiger partial charge is 0.338 e. The van der Waals surface area contributed by atoms with Gasteiger partial charge in [0.25, 0.3) is 0 Å². The number of halogens is 3. The van der Waals surface area contributed by atoms with Crippen LogP contribution >= 0.6 is 34.8 Å². The Balaban J connectivity index is 2.20. The summed E-state index contributed by atoms with van der Waals surface area (Å²) in [4.78, 5) is 4.09. The zero-order chi connectivity index (χ0) is 11.5. The van der Waals surface area contributed by atoms with Crippen LogP contribution in [0.4, 0.5) is 0 Å². The van der Waals surface area contributed by atoms with E-state index in [2.05, 4.69) is 10.1 Å². The Hall–Kier alpha value is -0.770. The molecular formula is C10H7Cl3N2O. The maximum Gasteiger partial charge on any atom is 0.241 e. The third-order valence-corrected chi connectivity index (χ3v) is 2.80. The Morgan fingerprint density at radius 3 is 2.69 bits per heavy atom. The molecule has 0 bridgehead atoms. The van der Waals surface area contributed by atoms with Gasteiger partial charge in [0.05, 0.1) is 0 Å². The SMILES string of the molecule is ClCc1nc(Cc2ccc(Cl)cc2Cl)no1. The van der Waals surface area contributed by atoms with Gasteiger partial charge >= 0.3 is 0 Å². The molecule has 1 aromatic carbocycles. The van der Waals surface area contributed by atoms with E-state index in [0.29, 0.717) is 28.2 Å². The number of hydrogen-bond donors (Lipinski definition) is 0. The molecule has 2 rings (SSSR count). The maximum absolute atomic E-state index is 6.02. The molecule has 0 unspecified atom stereocenters. The quantitative estimate of drug-likeness (QED) is 0.803. The van der Waals surface area contributed by atoms with Crippen molar-refractivity contribution in [2.75, 3.05) is 0 Å². The highest BCUT2D eigenvalue weighted by Gasteiger charge is 2.08.